The molecule has 0 saturated carbocycles. The standard InChI is InChI=1S/C21H20ClN3O2S/c1-14-2-5-17(13-18(14)22)25-20(26)19(23-21(25)28)12-15-3-6-16(7-4-15)24-8-10-27-11-9-24/h2-7,12-13H,8-11H2,1H3,(H,23,28)/b19-12+. The Balaban J connectivity index is 1.54. The zero-order valence-electron chi connectivity index (χ0n) is 15.4. The summed E-state index contributed by atoms with van der Waals surface area (Å²) in [6.07, 6.45) is 1.81. The van der Waals surface area contributed by atoms with Gasteiger partial charge in [-0.1, -0.05) is 29.8 Å². The third kappa shape index (κ3) is 3.76. The Hall–Kier alpha value is -2.41. The molecular weight excluding hydrogens is 394 g/mol. The normalized spacial score (nSPS) is 18.7. The maximum Gasteiger partial charge on any atom is 0.281 e. The first-order chi connectivity index (χ1) is 13.5. The van der Waals surface area contributed by atoms with Gasteiger partial charge in [-0.3, -0.25) is 9.69 Å². The van der Waals surface area contributed by atoms with E-state index in [0.29, 0.717) is 21.5 Å². The average Bonchev–Trinajstić information content (AvgIpc) is 2.98. The molecule has 2 aromatic rings. The summed E-state index contributed by atoms with van der Waals surface area (Å²) < 4.78 is 5.39. The van der Waals surface area contributed by atoms with Crippen LogP contribution in [0.3, 0.4) is 0 Å². The lowest BCUT2D eigenvalue weighted by Gasteiger charge is -2.28. The second-order valence-corrected chi connectivity index (χ2v) is 7.55. The maximum atomic E-state index is 12.9. The summed E-state index contributed by atoms with van der Waals surface area (Å²) in [6.45, 7) is 5.20. The van der Waals surface area contributed by atoms with Crippen LogP contribution in [0, 0.1) is 6.92 Å². The minimum atomic E-state index is -0.192. The highest BCUT2D eigenvalue weighted by atomic mass is 35.5. The van der Waals surface area contributed by atoms with E-state index in [9.17, 15) is 4.79 Å². The van der Waals surface area contributed by atoms with Gasteiger partial charge in [0.1, 0.15) is 5.70 Å². The molecule has 2 fully saturated rings. The van der Waals surface area contributed by atoms with Crippen molar-refractivity contribution in [1.29, 1.82) is 0 Å². The Morgan fingerprint density at radius 1 is 1.11 bits per heavy atom. The number of aryl methyl sites for hydroxylation is 1. The number of hydrogen-bond donors (Lipinski definition) is 1. The van der Waals surface area contributed by atoms with Crippen LogP contribution >= 0.6 is 23.8 Å². The van der Waals surface area contributed by atoms with Crippen molar-refractivity contribution in [2.24, 2.45) is 0 Å². The predicted molar refractivity (Wildman–Crippen MR) is 117 cm³/mol. The quantitative estimate of drug-likeness (QED) is 0.613. The molecule has 0 aromatic heterocycles. The number of benzene rings is 2. The Labute approximate surface area is 174 Å². The summed E-state index contributed by atoms with van der Waals surface area (Å²) in [5.41, 5.74) is 4.14. The fraction of sp³-hybridized carbons (Fsp3) is 0.238. The number of morpholine rings is 1. The Bertz CT molecular complexity index is 953. The van der Waals surface area contributed by atoms with Gasteiger partial charge in [0, 0.05) is 23.8 Å². The van der Waals surface area contributed by atoms with Crippen LogP contribution in [0.4, 0.5) is 11.4 Å². The van der Waals surface area contributed by atoms with E-state index in [1.165, 1.54) is 4.90 Å². The molecule has 0 atom stereocenters. The number of anilines is 2. The van der Waals surface area contributed by atoms with Crippen LogP contribution < -0.4 is 15.1 Å². The third-order valence-corrected chi connectivity index (χ3v) is 5.56. The fourth-order valence-electron chi connectivity index (χ4n) is 3.26. The first-order valence-corrected chi connectivity index (χ1v) is 9.87. The predicted octanol–water partition coefficient (Wildman–Crippen LogP) is 3.75. The van der Waals surface area contributed by atoms with E-state index in [2.05, 4.69) is 22.3 Å². The van der Waals surface area contributed by atoms with Crippen LogP contribution in [-0.4, -0.2) is 37.3 Å². The molecule has 2 saturated heterocycles. The van der Waals surface area contributed by atoms with Crippen LogP contribution in [0.15, 0.2) is 48.2 Å². The number of thiocarbonyl (C=S) groups is 1. The molecule has 0 spiro atoms. The van der Waals surface area contributed by atoms with Crippen molar-refractivity contribution in [3.05, 3.63) is 64.3 Å². The smallest absolute Gasteiger partial charge is 0.281 e. The molecule has 28 heavy (non-hydrogen) atoms. The van der Waals surface area contributed by atoms with Crippen molar-refractivity contribution in [2.75, 3.05) is 36.1 Å². The van der Waals surface area contributed by atoms with E-state index in [1.807, 2.05) is 37.3 Å². The molecule has 1 amide bonds. The van der Waals surface area contributed by atoms with Gasteiger partial charge in [0.05, 0.1) is 18.9 Å². The van der Waals surface area contributed by atoms with Gasteiger partial charge in [-0.05, 0) is 60.6 Å². The van der Waals surface area contributed by atoms with E-state index in [0.717, 1.165) is 43.1 Å². The molecule has 5 nitrogen and oxygen atoms in total. The molecule has 1 N–H and O–H groups in total. The van der Waals surface area contributed by atoms with Crippen molar-refractivity contribution in [3.63, 3.8) is 0 Å². The molecule has 4 rings (SSSR count). The van der Waals surface area contributed by atoms with Gasteiger partial charge < -0.3 is 15.0 Å². The van der Waals surface area contributed by atoms with Crippen molar-refractivity contribution >= 4 is 52.3 Å². The molecule has 7 heteroatoms. The van der Waals surface area contributed by atoms with E-state index < -0.39 is 0 Å². The number of nitrogens with zero attached hydrogens (tertiary/aromatic N) is 2. The zero-order valence-corrected chi connectivity index (χ0v) is 17.0. The van der Waals surface area contributed by atoms with Gasteiger partial charge in [0.25, 0.3) is 5.91 Å². The number of amides is 1. The molecule has 0 unspecified atom stereocenters. The summed E-state index contributed by atoms with van der Waals surface area (Å²) >= 11 is 11.6. The van der Waals surface area contributed by atoms with Gasteiger partial charge in [0.2, 0.25) is 0 Å². The van der Waals surface area contributed by atoms with E-state index in [1.54, 1.807) is 6.07 Å². The van der Waals surface area contributed by atoms with Gasteiger partial charge in [0.15, 0.2) is 5.11 Å². The fourth-order valence-corrected chi connectivity index (χ4v) is 3.73. The van der Waals surface area contributed by atoms with Gasteiger partial charge in [-0.25, -0.2) is 0 Å². The molecular formula is C21H20ClN3O2S. The Morgan fingerprint density at radius 2 is 1.79 bits per heavy atom. The van der Waals surface area contributed by atoms with Crippen LogP contribution in [0.25, 0.3) is 6.08 Å². The Morgan fingerprint density at radius 3 is 2.46 bits per heavy atom. The summed E-state index contributed by atoms with van der Waals surface area (Å²) in [4.78, 5) is 16.6. The highest BCUT2D eigenvalue weighted by Crippen LogP contribution is 2.27. The van der Waals surface area contributed by atoms with E-state index in [-0.39, 0.29) is 5.91 Å². The number of hydrogen-bond acceptors (Lipinski definition) is 4. The Kier molecular flexibility index (Phi) is 5.35. The van der Waals surface area contributed by atoms with Crippen molar-refractivity contribution in [3.8, 4) is 0 Å². The third-order valence-electron chi connectivity index (χ3n) is 4.87. The van der Waals surface area contributed by atoms with E-state index in [4.69, 9.17) is 28.6 Å². The van der Waals surface area contributed by atoms with Crippen molar-refractivity contribution in [2.45, 2.75) is 6.92 Å². The van der Waals surface area contributed by atoms with E-state index >= 15 is 0 Å². The summed E-state index contributed by atoms with van der Waals surface area (Å²) in [5, 5.41) is 3.96. The summed E-state index contributed by atoms with van der Waals surface area (Å²) in [6, 6.07) is 13.6. The number of carbonyl (C=O) groups excluding carboxylic acids is 1. The van der Waals surface area contributed by atoms with Crippen LogP contribution in [0.2, 0.25) is 5.02 Å². The highest BCUT2D eigenvalue weighted by molar-refractivity contribution is 7.80. The van der Waals surface area contributed by atoms with Crippen molar-refractivity contribution in [1.82, 2.24) is 5.32 Å². The topological polar surface area (TPSA) is 44.8 Å². The zero-order chi connectivity index (χ0) is 19.7. The lowest BCUT2D eigenvalue weighted by Crippen LogP contribution is -2.36. The number of ether oxygens (including phenoxy) is 1. The molecule has 2 aliphatic rings. The largest absolute Gasteiger partial charge is 0.378 e. The molecule has 0 radical (unpaired) electrons. The number of carbonyl (C=O) groups is 1. The molecule has 144 valence electrons. The minimum Gasteiger partial charge on any atom is -0.378 e. The second kappa shape index (κ2) is 7.91. The first kappa shape index (κ1) is 18.9. The number of nitrogens with one attached hydrogen (secondary N) is 1. The highest BCUT2D eigenvalue weighted by Gasteiger charge is 2.32. The van der Waals surface area contributed by atoms with Gasteiger partial charge in [-0.15, -0.1) is 0 Å². The van der Waals surface area contributed by atoms with Gasteiger partial charge >= 0.3 is 0 Å². The number of halogens is 1. The molecule has 0 aliphatic carbocycles. The van der Waals surface area contributed by atoms with Gasteiger partial charge in [-0.2, -0.15) is 0 Å². The monoisotopic (exact) mass is 413 g/mol. The van der Waals surface area contributed by atoms with Crippen LogP contribution in [0.5, 0.6) is 0 Å². The lowest BCUT2D eigenvalue weighted by atomic mass is 10.1. The molecule has 2 aliphatic heterocycles. The summed E-state index contributed by atoms with van der Waals surface area (Å²) in [7, 11) is 0. The summed E-state index contributed by atoms with van der Waals surface area (Å²) in [5.74, 6) is -0.192. The second-order valence-electron chi connectivity index (χ2n) is 6.75. The lowest BCUT2D eigenvalue weighted by molar-refractivity contribution is -0.113. The minimum absolute atomic E-state index is 0.192. The maximum absolute atomic E-state index is 12.9. The first-order valence-electron chi connectivity index (χ1n) is 9.09. The molecule has 0 bridgehead atoms. The average molecular weight is 414 g/mol. The molecule has 2 aromatic carbocycles. The molecule has 2 heterocycles. The van der Waals surface area contributed by atoms with Crippen molar-refractivity contribution < 1.29 is 9.53 Å². The van der Waals surface area contributed by atoms with Crippen LogP contribution in [0.1, 0.15) is 11.1 Å². The number of rotatable bonds is 3. The van der Waals surface area contributed by atoms with Crippen LogP contribution in [-0.2, 0) is 9.53 Å². The SMILES string of the molecule is Cc1ccc(N2C(=O)/C(=C\c3ccc(N4CCOCC4)cc3)NC2=S)cc1Cl.